The van der Waals surface area contributed by atoms with Crippen molar-refractivity contribution in [3.8, 4) is 0 Å². The van der Waals surface area contributed by atoms with Crippen LogP contribution in [0.5, 0.6) is 0 Å². The minimum Gasteiger partial charge on any atom is -0.386 e. The second-order valence-electron chi connectivity index (χ2n) is 15.6. The summed E-state index contributed by atoms with van der Waals surface area (Å²) in [6.07, 6.45) is 17.0. The molecule has 14 heteroatoms. The van der Waals surface area contributed by atoms with Crippen molar-refractivity contribution >= 4 is 19.2 Å². The molecular formula is C41H65N4O9P. The number of fused-ring (bicyclic) bond motifs is 2. The van der Waals surface area contributed by atoms with E-state index in [1.807, 2.05) is 37.3 Å². The molecule has 3 aromatic rings. The number of ether oxygens (including phenoxy) is 3. The van der Waals surface area contributed by atoms with Crippen molar-refractivity contribution in [2.24, 2.45) is 0 Å². The number of nitrogen functional groups attached to an aromatic ring is 1. The van der Waals surface area contributed by atoms with Gasteiger partial charge in [0.25, 0.3) is 0 Å². The molecule has 2 fully saturated rings. The highest BCUT2D eigenvalue weighted by molar-refractivity contribution is 7.47. The minimum atomic E-state index is -4.74. The van der Waals surface area contributed by atoms with E-state index < -0.39 is 49.5 Å². The topological polar surface area (TPSA) is 180 Å². The van der Waals surface area contributed by atoms with E-state index in [2.05, 4.69) is 17.0 Å². The maximum atomic E-state index is 13.2. The summed E-state index contributed by atoms with van der Waals surface area (Å²) in [7, 11) is -4.74. The molecule has 308 valence electrons. The summed E-state index contributed by atoms with van der Waals surface area (Å²) < 4.78 is 43.9. The zero-order valence-electron chi connectivity index (χ0n) is 33.1. The monoisotopic (exact) mass is 788 g/mol. The van der Waals surface area contributed by atoms with Crippen molar-refractivity contribution in [3.63, 3.8) is 0 Å². The fourth-order valence-corrected chi connectivity index (χ4v) is 8.66. The lowest BCUT2D eigenvalue weighted by Crippen LogP contribution is -2.46. The summed E-state index contributed by atoms with van der Waals surface area (Å²) in [6, 6.07) is 13.0. The van der Waals surface area contributed by atoms with Crippen LogP contribution < -0.4 is 5.73 Å². The molecular weight excluding hydrogens is 723 g/mol. The smallest absolute Gasteiger partial charge is 0.386 e. The SMILES string of the molecule is CCCCCCCCCCCCCCCCCCO[C@H](C)[C@H](COP(=O)(O)OC1[C@H]2O[C@@](C)(c3ccc4c(N)ncnn34)[C@H](O)[C@@]12O)OCc1ccccc1. The molecule has 1 aliphatic carbocycles. The van der Waals surface area contributed by atoms with Gasteiger partial charge in [-0.05, 0) is 38.0 Å². The van der Waals surface area contributed by atoms with Crippen LogP contribution in [-0.4, -0.2) is 79.0 Å². The third-order valence-corrected chi connectivity index (χ3v) is 12.2. The predicted octanol–water partition coefficient (Wildman–Crippen LogP) is 7.79. The van der Waals surface area contributed by atoms with E-state index in [1.165, 1.54) is 101 Å². The molecule has 0 bridgehead atoms. The van der Waals surface area contributed by atoms with Crippen LogP contribution in [0.2, 0.25) is 0 Å². The van der Waals surface area contributed by atoms with Gasteiger partial charge >= 0.3 is 7.82 Å². The molecule has 0 spiro atoms. The Hall–Kier alpha value is -2.45. The maximum absolute atomic E-state index is 13.2. The number of nitrogens with zero attached hydrogens (tertiary/aromatic N) is 3. The number of phosphoric ester groups is 1. The van der Waals surface area contributed by atoms with E-state index >= 15 is 0 Å². The second kappa shape index (κ2) is 20.8. The Morgan fingerprint density at radius 3 is 2.09 bits per heavy atom. The van der Waals surface area contributed by atoms with E-state index in [-0.39, 0.29) is 19.0 Å². The molecule has 5 N–H and O–H groups in total. The Balaban J connectivity index is 1.01. The summed E-state index contributed by atoms with van der Waals surface area (Å²) in [5, 5.41) is 26.9. The first-order valence-electron chi connectivity index (χ1n) is 20.6. The number of benzene rings is 1. The van der Waals surface area contributed by atoms with E-state index in [9.17, 15) is 19.7 Å². The standard InChI is InChI=1S/C41H65N4O9P/c1-4-5-6-7-8-9-10-11-12-13-14-15-16-17-18-22-27-50-31(2)34(51-28-32-23-20-19-21-24-32)29-52-55(48,49)54-37-36-41(37,47)39(46)40(3,53-36)35-26-25-33-38(42)43-30-44-45(33)35/h19-21,23-26,30-31,34,36-37,39,46-47H,4-18,22,27-29H2,1-3H3,(H,48,49)(H2,42,43,44)/t31-,34+,36-,37?,39+,40+,41+/m1/s1. The molecule has 1 aromatic carbocycles. The van der Waals surface area contributed by atoms with Gasteiger partial charge < -0.3 is 35.1 Å². The van der Waals surface area contributed by atoms with Gasteiger partial charge in [-0.15, -0.1) is 0 Å². The highest BCUT2D eigenvalue weighted by Gasteiger charge is 2.82. The Kier molecular flexibility index (Phi) is 16.5. The summed E-state index contributed by atoms with van der Waals surface area (Å²) in [5.41, 5.74) is 4.47. The van der Waals surface area contributed by atoms with Crippen molar-refractivity contribution in [2.75, 3.05) is 18.9 Å². The highest BCUT2D eigenvalue weighted by atomic mass is 31.2. The first kappa shape index (κ1) is 43.7. The van der Waals surface area contributed by atoms with Crippen LogP contribution in [0.1, 0.15) is 135 Å². The molecule has 8 atom stereocenters. The largest absolute Gasteiger partial charge is 0.472 e. The molecule has 0 amide bonds. The van der Waals surface area contributed by atoms with Gasteiger partial charge in [0.2, 0.25) is 0 Å². The van der Waals surface area contributed by atoms with Gasteiger partial charge in [0.05, 0.1) is 25.0 Å². The average Bonchev–Trinajstić information content (AvgIpc) is 3.41. The number of anilines is 1. The number of unbranched alkanes of at least 4 members (excludes halogenated alkanes) is 15. The lowest BCUT2D eigenvalue weighted by Gasteiger charge is -2.32. The third kappa shape index (κ3) is 11.6. The molecule has 2 unspecified atom stereocenters. The van der Waals surface area contributed by atoms with Gasteiger partial charge in [0.15, 0.2) is 11.4 Å². The molecule has 1 aliphatic heterocycles. The first-order valence-corrected chi connectivity index (χ1v) is 22.1. The van der Waals surface area contributed by atoms with E-state index in [1.54, 1.807) is 19.1 Å². The van der Waals surface area contributed by atoms with E-state index in [0.29, 0.717) is 17.8 Å². The summed E-state index contributed by atoms with van der Waals surface area (Å²) in [6.45, 7) is 6.23. The van der Waals surface area contributed by atoms with E-state index in [4.69, 9.17) is 29.0 Å². The fraction of sp³-hybridized carbons (Fsp3) is 0.707. The van der Waals surface area contributed by atoms with Crippen LogP contribution in [0.25, 0.3) is 5.52 Å². The maximum Gasteiger partial charge on any atom is 0.472 e. The summed E-state index contributed by atoms with van der Waals surface area (Å²) in [4.78, 5) is 14.7. The number of hydrogen-bond acceptors (Lipinski definition) is 11. The minimum absolute atomic E-state index is 0.242. The number of rotatable bonds is 28. The van der Waals surface area contributed by atoms with Crippen molar-refractivity contribution in [2.45, 2.75) is 172 Å². The second-order valence-corrected chi connectivity index (χ2v) is 17.0. The van der Waals surface area contributed by atoms with Crippen molar-refractivity contribution < 1.29 is 42.9 Å². The van der Waals surface area contributed by atoms with Crippen LogP contribution in [0.3, 0.4) is 0 Å². The number of aromatic nitrogens is 3. The number of aliphatic hydroxyl groups is 2. The van der Waals surface area contributed by atoms with Crippen molar-refractivity contribution in [3.05, 3.63) is 60.0 Å². The zero-order valence-corrected chi connectivity index (χ0v) is 34.0. The van der Waals surface area contributed by atoms with Crippen LogP contribution in [-0.2, 0) is 40.0 Å². The first-order chi connectivity index (χ1) is 26.5. The van der Waals surface area contributed by atoms with Crippen LogP contribution >= 0.6 is 7.82 Å². The highest BCUT2D eigenvalue weighted by Crippen LogP contribution is 2.63. The van der Waals surface area contributed by atoms with Crippen molar-refractivity contribution in [1.82, 2.24) is 14.6 Å². The summed E-state index contributed by atoms with van der Waals surface area (Å²) in [5.74, 6) is 0.242. The number of phosphoric acid groups is 1. The quantitative estimate of drug-likeness (QED) is 0.0415. The van der Waals surface area contributed by atoms with Gasteiger partial charge in [-0.1, -0.05) is 134 Å². The summed E-state index contributed by atoms with van der Waals surface area (Å²) >= 11 is 0. The lowest BCUT2D eigenvalue weighted by molar-refractivity contribution is -0.128. The average molecular weight is 789 g/mol. The van der Waals surface area contributed by atoms with Crippen LogP contribution in [0.4, 0.5) is 5.82 Å². The molecule has 55 heavy (non-hydrogen) atoms. The molecule has 5 rings (SSSR count). The number of hydrogen-bond donors (Lipinski definition) is 4. The number of nitrogens with two attached hydrogens (primary N) is 1. The Labute approximate surface area is 326 Å². The molecule has 1 saturated heterocycles. The predicted molar refractivity (Wildman–Crippen MR) is 211 cm³/mol. The van der Waals surface area contributed by atoms with E-state index in [0.717, 1.165) is 18.4 Å². The fourth-order valence-electron chi connectivity index (χ4n) is 7.70. The zero-order chi connectivity index (χ0) is 39.3. The van der Waals surface area contributed by atoms with Gasteiger partial charge in [0.1, 0.15) is 41.9 Å². The molecule has 0 radical (unpaired) electrons. The van der Waals surface area contributed by atoms with Gasteiger partial charge in [0, 0.05) is 6.61 Å². The van der Waals surface area contributed by atoms with Gasteiger partial charge in [-0.25, -0.2) is 14.1 Å². The Bertz CT molecular complexity index is 1630. The molecule has 1 saturated carbocycles. The Morgan fingerprint density at radius 2 is 1.51 bits per heavy atom. The number of aliphatic hydroxyl groups excluding tert-OH is 1. The molecule has 3 heterocycles. The molecule has 2 aromatic heterocycles. The normalized spacial score (nSPS) is 25.5. The van der Waals surface area contributed by atoms with Crippen LogP contribution in [0, 0.1) is 0 Å². The Morgan fingerprint density at radius 1 is 0.909 bits per heavy atom. The van der Waals surface area contributed by atoms with Gasteiger partial charge in [-0.2, -0.15) is 5.10 Å². The molecule has 2 aliphatic rings. The van der Waals surface area contributed by atoms with Gasteiger partial charge in [-0.3, -0.25) is 9.05 Å². The lowest BCUT2D eigenvalue weighted by atomic mass is 9.91. The molecule has 13 nitrogen and oxygen atoms in total. The van der Waals surface area contributed by atoms with Crippen molar-refractivity contribution in [1.29, 1.82) is 0 Å². The van der Waals surface area contributed by atoms with Crippen LogP contribution in [0.15, 0.2) is 48.8 Å². The third-order valence-electron chi connectivity index (χ3n) is 11.3.